The van der Waals surface area contributed by atoms with Gasteiger partial charge in [-0.05, 0) is 97.9 Å². The van der Waals surface area contributed by atoms with E-state index in [0.29, 0.717) is 57.1 Å². The number of hydrogen-bond acceptors (Lipinski definition) is 16. The Balaban J connectivity index is 0.844. The van der Waals surface area contributed by atoms with Crippen LogP contribution in [-0.2, 0) is 68.5 Å². The Kier molecular flexibility index (Phi) is 23.5. The molecule has 5 amide bonds. The molecule has 3 heterocycles. The summed E-state index contributed by atoms with van der Waals surface area (Å²) in [5.41, 5.74) is 14.2. The number of aliphatic hydroxyl groups excluding tert-OH is 1. The second-order valence-electron chi connectivity index (χ2n) is 18.4. The Morgan fingerprint density at radius 2 is 1.10 bits per heavy atom. The van der Waals surface area contributed by atoms with E-state index in [-0.39, 0.29) is 78.0 Å². The van der Waals surface area contributed by atoms with Gasteiger partial charge in [-0.1, -0.05) is 46.4 Å². The van der Waals surface area contributed by atoms with Gasteiger partial charge in [0.15, 0.2) is 24.8 Å². The summed E-state index contributed by atoms with van der Waals surface area (Å²) >= 11 is 26.1. The van der Waals surface area contributed by atoms with Crippen molar-refractivity contribution in [2.24, 2.45) is 0 Å². The molecule has 1 aliphatic rings. The number of amides is 5. The van der Waals surface area contributed by atoms with Gasteiger partial charge in [-0.15, -0.1) is 0 Å². The van der Waals surface area contributed by atoms with Crippen molar-refractivity contribution in [1.29, 1.82) is 0 Å². The quantitative estimate of drug-likeness (QED) is 0.0145. The van der Waals surface area contributed by atoms with Gasteiger partial charge in [0.2, 0.25) is 0 Å². The summed E-state index contributed by atoms with van der Waals surface area (Å²) in [7, 11) is -8.60. The number of benzene rings is 4. The van der Waals surface area contributed by atoms with E-state index in [4.69, 9.17) is 61.1 Å². The van der Waals surface area contributed by atoms with Crippen molar-refractivity contribution in [2.75, 3.05) is 83.6 Å². The molecule has 2 aromatic heterocycles. The molecule has 1 fully saturated rings. The van der Waals surface area contributed by atoms with Crippen LogP contribution in [0.2, 0.25) is 20.1 Å². The van der Waals surface area contributed by atoms with E-state index in [0.717, 1.165) is 31.6 Å². The zero-order valence-electron chi connectivity index (χ0n) is 44.6. The van der Waals surface area contributed by atoms with Gasteiger partial charge in [0.25, 0.3) is 26.0 Å². The molecular weight excluding hydrogens is 1220 g/mol. The monoisotopic (exact) mass is 1270 g/mol. The predicted octanol–water partition coefficient (Wildman–Crippen LogP) is 4.59. The first kappa shape index (κ1) is 64.0. The molecule has 446 valence electrons. The molecule has 0 saturated carbocycles. The van der Waals surface area contributed by atoms with Crippen LogP contribution in [-0.4, -0.2) is 109 Å². The maximum atomic E-state index is 13.6. The molecule has 0 radical (unpaired) electrons. The normalized spacial score (nSPS) is 12.5. The first-order chi connectivity index (χ1) is 40.3. The zero-order valence-corrected chi connectivity index (χ0v) is 49.2. The number of hydrazine groups is 2. The maximum Gasteiger partial charge on any atom is 0.327 e. The smallest absolute Gasteiger partial charge is 0.327 e. The van der Waals surface area contributed by atoms with Gasteiger partial charge in [0.05, 0.1) is 62.7 Å². The van der Waals surface area contributed by atoms with Gasteiger partial charge in [-0.2, -0.15) is 0 Å². The standard InChI is InChI=1S/C53H57Cl4N13O12S2/c54-41-16-18-43(83(77,78)66-39-12-8-37(9-13-39)61-63-52(75)50(73)58-20-5-26-68-27-30-81-31-28-68)45(56)47(41)60-49(72)36-7-4-25-70(33-36)23-2-1-22-69-24-3-6-35(32-69)34-82-65-48-42(55)17-19-44(46(48)57)84(79,80)67-40-14-10-38(11-15-40)62-64-53(76)51(74)59-21-29-71/h3-4,6-19,24-25,32-33,65,71H,1-2,5,20-23,26-31,34H2,(H7-2,58,59,60,61,62,63,64,66,67,72,73,74,75,76)/p+2. The number of halogens is 4. The largest absolute Gasteiger partial charge is 0.395 e. The second-order valence-corrected chi connectivity index (χ2v) is 23.2. The number of unbranched alkanes of at least 4 members (excludes halogenated alkanes) is 1. The minimum absolute atomic E-state index is 0.00473. The molecule has 0 unspecified atom stereocenters. The first-order valence-electron chi connectivity index (χ1n) is 25.8. The number of nitrogens with zero attached hydrogens (tertiary/aromatic N) is 3. The highest BCUT2D eigenvalue weighted by Gasteiger charge is 2.26. The Morgan fingerprint density at radius 1 is 0.595 bits per heavy atom. The van der Waals surface area contributed by atoms with Gasteiger partial charge in [-0.25, -0.2) is 26.0 Å². The van der Waals surface area contributed by atoms with Crippen LogP contribution in [0.1, 0.15) is 35.2 Å². The van der Waals surface area contributed by atoms with Crippen molar-refractivity contribution in [2.45, 2.75) is 48.7 Å². The zero-order chi connectivity index (χ0) is 60.2. The van der Waals surface area contributed by atoms with Crippen molar-refractivity contribution >= 4 is 130 Å². The molecule has 0 aliphatic carbocycles. The van der Waals surface area contributed by atoms with Crippen molar-refractivity contribution in [3.8, 4) is 0 Å². The van der Waals surface area contributed by atoms with Crippen molar-refractivity contribution in [1.82, 2.24) is 26.4 Å². The first-order valence-corrected chi connectivity index (χ1v) is 30.3. The van der Waals surface area contributed by atoms with Gasteiger partial charge in [0, 0.05) is 68.1 Å². The summed E-state index contributed by atoms with van der Waals surface area (Å²) in [5.74, 6) is -4.27. The number of nitrogens with one attached hydrogen (secondary N) is 10. The summed E-state index contributed by atoms with van der Waals surface area (Å²) in [6, 6.07) is 23.6. The van der Waals surface area contributed by atoms with Gasteiger partial charge in [-0.3, -0.25) is 70.3 Å². The lowest BCUT2D eigenvalue weighted by Crippen LogP contribution is -2.43. The lowest BCUT2D eigenvalue weighted by atomic mass is 10.2. The van der Waals surface area contributed by atoms with Crippen LogP contribution < -0.4 is 61.7 Å². The van der Waals surface area contributed by atoms with E-state index in [1.807, 2.05) is 33.7 Å². The molecule has 1 saturated heterocycles. The topological polar surface area (TPSA) is 324 Å². The fourth-order valence-corrected chi connectivity index (χ4v) is 11.8. The highest BCUT2D eigenvalue weighted by molar-refractivity contribution is 7.93. The van der Waals surface area contributed by atoms with Crippen LogP contribution in [0.5, 0.6) is 0 Å². The summed E-state index contributed by atoms with van der Waals surface area (Å²) in [6.07, 6.45) is 9.33. The van der Waals surface area contributed by atoms with Crippen LogP contribution in [0.15, 0.2) is 132 Å². The number of pyridine rings is 2. The summed E-state index contributed by atoms with van der Waals surface area (Å²) in [4.78, 5) is 69.0. The number of ether oxygens (including phenoxy) is 1. The van der Waals surface area contributed by atoms with E-state index < -0.39 is 49.6 Å². The average molecular weight is 1280 g/mol. The van der Waals surface area contributed by atoms with Crippen LogP contribution in [0.4, 0.5) is 34.1 Å². The van der Waals surface area contributed by atoms with E-state index in [2.05, 4.69) is 57.5 Å². The van der Waals surface area contributed by atoms with Gasteiger partial charge in [0.1, 0.15) is 35.1 Å². The fourth-order valence-electron chi connectivity index (χ4n) is 7.95. The number of carbonyl (C=O) groups is 5. The third-order valence-corrected chi connectivity index (χ3v) is 16.7. The maximum absolute atomic E-state index is 13.6. The SMILES string of the molecule is O=C(NCCO)C(=O)NNc1ccc(NS(=O)(=O)c2ccc(Cl)c(NOCc3ccc[n+](CCCC[n+]4cccc(C(=O)Nc5c(Cl)ccc(S(=O)(=O)Nc6ccc(NNC(=O)C(=O)NCCCN7CCOCC7)cc6)c5Cl)c4)c3)c2Cl)cc1. The molecule has 0 atom stereocenters. The molecule has 0 bridgehead atoms. The molecule has 31 heteroatoms. The summed E-state index contributed by atoms with van der Waals surface area (Å²) < 4.78 is 68.1. The van der Waals surface area contributed by atoms with Crippen LogP contribution in [0, 0.1) is 0 Å². The van der Waals surface area contributed by atoms with Gasteiger partial charge < -0.3 is 25.8 Å². The molecule has 0 spiro atoms. The number of aromatic nitrogens is 2. The number of hydrogen-bond donors (Lipinski definition) is 11. The van der Waals surface area contributed by atoms with E-state index in [1.165, 1.54) is 72.8 Å². The second kappa shape index (κ2) is 30.8. The highest BCUT2D eigenvalue weighted by Crippen LogP contribution is 2.38. The van der Waals surface area contributed by atoms with E-state index in [9.17, 15) is 40.8 Å². The number of carbonyl (C=O) groups excluding carboxylic acids is 5. The Hall–Kier alpha value is -7.57. The van der Waals surface area contributed by atoms with Crippen molar-refractivity contribution in [3.63, 3.8) is 0 Å². The Morgan fingerprint density at radius 3 is 1.65 bits per heavy atom. The molecule has 6 aromatic rings. The van der Waals surface area contributed by atoms with Crippen molar-refractivity contribution < 1.29 is 64.6 Å². The third-order valence-electron chi connectivity index (χ3n) is 12.2. The van der Waals surface area contributed by atoms with E-state index in [1.54, 1.807) is 24.5 Å². The highest BCUT2D eigenvalue weighted by atomic mass is 35.5. The minimum Gasteiger partial charge on any atom is -0.395 e. The summed E-state index contributed by atoms with van der Waals surface area (Å²) in [5, 5.41) is 15.8. The fraction of sp³-hybridized carbons (Fsp3) is 0.264. The molecule has 1 aliphatic heterocycles. The summed E-state index contributed by atoms with van der Waals surface area (Å²) in [6.45, 7) is 4.85. The molecule has 11 N–H and O–H groups in total. The van der Waals surface area contributed by atoms with Crippen LogP contribution >= 0.6 is 46.4 Å². The van der Waals surface area contributed by atoms with Crippen LogP contribution in [0.3, 0.4) is 0 Å². The lowest BCUT2D eigenvalue weighted by molar-refractivity contribution is -0.708. The molecule has 7 rings (SSSR count). The number of anilines is 6. The number of aryl methyl sites for hydroxylation is 2. The molecule has 84 heavy (non-hydrogen) atoms. The third kappa shape index (κ3) is 18.7. The Labute approximate surface area is 503 Å². The number of aliphatic hydroxyl groups is 1. The average Bonchev–Trinajstić information content (AvgIpc) is 3.61. The van der Waals surface area contributed by atoms with E-state index >= 15 is 0 Å². The minimum atomic E-state index is -4.33. The molecule has 4 aromatic carbocycles. The van der Waals surface area contributed by atoms with Crippen molar-refractivity contribution in [3.05, 3.63) is 153 Å². The number of morpholine rings is 1. The molecule has 25 nitrogen and oxygen atoms in total. The number of sulfonamides is 2. The molecular formula is C53H59Cl4N13O12S2+2. The lowest BCUT2D eigenvalue weighted by Gasteiger charge is -2.26. The van der Waals surface area contributed by atoms with Gasteiger partial charge >= 0.3 is 23.6 Å². The Bertz CT molecular complexity index is 3550. The van der Waals surface area contributed by atoms with Crippen LogP contribution in [0.25, 0.3) is 0 Å². The number of rotatable bonds is 27. The predicted molar refractivity (Wildman–Crippen MR) is 315 cm³/mol.